The first-order valence-corrected chi connectivity index (χ1v) is 5.86. The average Bonchev–Trinajstić information content (AvgIpc) is 2.06. The minimum atomic E-state index is -2.74. The molecule has 0 aromatic carbocycles. The zero-order chi connectivity index (χ0) is 9.45. The lowest BCUT2D eigenvalue weighted by atomic mass is 10.9. The lowest BCUT2D eigenvalue weighted by Gasteiger charge is -2.25. The summed E-state index contributed by atoms with van der Waals surface area (Å²) in [4.78, 5) is 0. The third kappa shape index (κ3) is 3.61. The largest absolute Gasteiger partial charge is 0.610 e. The van der Waals surface area contributed by atoms with Crippen molar-refractivity contribution in [2.24, 2.45) is 5.84 Å². The molecule has 0 atom stereocenters. The molecule has 0 saturated heterocycles. The lowest BCUT2D eigenvalue weighted by Crippen LogP contribution is -2.62. The Labute approximate surface area is 74.6 Å². The predicted octanol–water partition coefficient (Wildman–Crippen LogP) is -0.00520. The first-order chi connectivity index (χ1) is 5.74. The molecule has 0 aliphatic carbocycles. The van der Waals surface area contributed by atoms with Crippen molar-refractivity contribution in [3.63, 3.8) is 0 Å². The van der Waals surface area contributed by atoms with Crippen LogP contribution in [-0.4, -0.2) is 28.8 Å². The minimum absolute atomic E-state index is 0.524. The van der Waals surface area contributed by atoms with Crippen LogP contribution in [0.3, 0.4) is 0 Å². The van der Waals surface area contributed by atoms with Gasteiger partial charge in [0.05, 0.1) is 0 Å². The van der Waals surface area contributed by atoms with Crippen LogP contribution in [0, 0.1) is 0 Å². The molecule has 0 rings (SSSR count). The standard InChI is InChI=1S/C6H18N2O3Si/c1-4-9-12(8-7,10-5-2)11-6-3/h8H,4-7H2,1-3H3. The summed E-state index contributed by atoms with van der Waals surface area (Å²) in [6, 6.07) is 0. The smallest absolute Gasteiger partial charge is 0.361 e. The van der Waals surface area contributed by atoms with Gasteiger partial charge in [-0.05, 0) is 20.8 Å². The molecule has 0 aliphatic heterocycles. The molecule has 3 N–H and O–H groups in total. The Hall–Kier alpha value is 0.0169. The van der Waals surface area contributed by atoms with E-state index in [0.29, 0.717) is 19.8 Å². The van der Waals surface area contributed by atoms with Gasteiger partial charge in [-0.25, -0.2) is 5.09 Å². The average molecular weight is 194 g/mol. The molecule has 0 aromatic rings. The monoisotopic (exact) mass is 194 g/mol. The summed E-state index contributed by atoms with van der Waals surface area (Å²) in [6.07, 6.45) is 0. The minimum Gasteiger partial charge on any atom is -0.361 e. The maximum atomic E-state index is 5.32. The quantitative estimate of drug-likeness (QED) is 0.339. The van der Waals surface area contributed by atoms with Gasteiger partial charge in [-0.3, -0.25) is 5.84 Å². The topological polar surface area (TPSA) is 65.7 Å². The number of nitrogens with two attached hydrogens (primary N) is 1. The normalized spacial score (nSPS) is 12.0. The summed E-state index contributed by atoms with van der Waals surface area (Å²) in [6.45, 7) is 7.19. The summed E-state index contributed by atoms with van der Waals surface area (Å²) in [7, 11) is -2.74. The molecule has 0 aromatic heterocycles. The van der Waals surface area contributed by atoms with E-state index in [2.05, 4.69) is 5.09 Å². The molecule has 0 radical (unpaired) electrons. The molecule has 5 nitrogen and oxygen atoms in total. The molecule has 0 fully saturated rings. The van der Waals surface area contributed by atoms with Crippen molar-refractivity contribution in [1.82, 2.24) is 5.09 Å². The van der Waals surface area contributed by atoms with Gasteiger partial charge < -0.3 is 13.3 Å². The highest BCUT2D eigenvalue weighted by Crippen LogP contribution is 2.03. The summed E-state index contributed by atoms with van der Waals surface area (Å²) >= 11 is 0. The first kappa shape index (κ1) is 12.0. The van der Waals surface area contributed by atoms with Crippen molar-refractivity contribution in [1.29, 1.82) is 0 Å². The Morgan fingerprint density at radius 2 is 1.33 bits per heavy atom. The highest BCUT2D eigenvalue weighted by Gasteiger charge is 2.40. The van der Waals surface area contributed by atoms with Crippen molar-refractivity contribution in [2.45, 2.75) is 20.8 Å². The molecule has 0 aliphatic rings. The van der Waals surface area contributed by atoms with Crippen molar-refractivity contribution < 1.29 is 13.3 Å². The number of nitrogens with one attached hydrogen (secondary N) is 1. The van der Waals surface area contributed by atoms with E-state index >= 15 is 0 Å². The third-order valence-electron chi connectivity index (χ3n) is 1.18. The van der Waals surface area contributed by atoms with Crippen molar-refractivity contribution in [3.8, 4) is 0 Å². The molecule has 0 bridgehead atoms. The van der Waals surface area contributed by atoms with E-state index in [0.717, 1.165) is 0 Å². The van der Waals surface area contributed by atoms with Crippen LogP contribution in [0.2, 0.25) is 0 Å². The van der Waals surface area contributed by atoms with Crippen LogP contribution < -0.4 is 10.9 Å². The van der Waals surface area contributed by atoms with Crippen LogP contribution in [0.25, 0.3) is 0 Å². The molecular formula is C6H18N2O3Si. The van der Waals surface area contributed by atoms with Crippen LogP contribution in [0.5, 0.6) is 0 Å². The Morgan fingerprint density at radius 1 is 1.00 bits per heavy atom. The van der Waals surface area contributed by atoms with Gasteiger partial charge in [-0.1, -0.05) is 0 Å². The SMILES string of the molecule is CCO[Si](NN)(OCC)OCC. The van der Waals surface area contributed by atoms with E-state index in [4.69, 9.17) is 19.1 Å². The fourth-order valence-corrected chi connectivity index (χ4v) is 2.46. The second kappa shape index (κ2) is 6.52. The zero-order valence-electron chi connectivity index (χ0n) is 7.92. The van der Waals surface area contributed by atoms with Crippen LogP contribution in [0.4, 0.5) is 0 Å². The summed E-state index contributed by atoms with van der Waals surface area (Å²) in [5, 5.41) is 2.49. The fourth-order valence-electron chi connectivity index (χ4n) is 0.820. The first-order valence-electron chi connectivity index (χ1n) is 4.14. The second-order valence-corrected chi connectivity index (χ2v) is 4.27. The van der Waals surface area contributed by atoms with E-state index in [1.165, 1.54) is 0 Å². The molecular weight excluding hydrogens is 176 g/mol. The third-order valence-corrected chi connectivity index (χ3v) is 3.54. The summed E-state index contributed by atoms with van der Waals surface area (Å²) in [5.74, 6) is 5.30. The summed E-state index contributed by atoms with van der Waals surface area (Å²) < 4.78 is 16.0. The molecule has 12 heavy (non-hydrogen) atoms. The van der Waals surface area contributed by atoms with Crippen LogP contribution >= 0.6 is 0 Å². The second-order valence-electron chi connectivity index (χ2n) is 2.00. The number of rotatable bonds is 7. The van der Waals surface area contributed by atoms with E-state index in [9.17, 15) is 0 Å². The molecule has 0 heterocycles. The highest BCUT2D eigenvalue weighted by atomic mass is 28.4. The Kier molecular flexibility index (Phi) is 6.53. The maximum Gasteiger partial charge on any atom is 0.610 e. The maximum absolute atomic E-state index is 5.32. The number of hydrogen-bond acceptors (Lipinski definition) is 5. The van der Waals surface area contributed by atoms with Gasteiger partial charge >= 0.3 is 8.97 Å². The highest BCUT2D eigenvalue weighted by molar-refractivity contribution is 6.57. The van der Waals surface area contributed by atoms with Gasteiger partial charge in [-0.15, -0.1) is 0 Å². The van der Waals surface area contributed by atoms with Crippen molar-refractivity contribution in [3.05, 3.63) is 0 Å². The van der Waals surface area contributed by atoms with Crippen molar-refractivity contribution >= 4 is 8.97 Å². The van der Waals surface area contributed by atoms with Crippen molar-refractivity contribution in [2.75, 3.05) is 19.8 Å². The van der Waals surface area contributed by atoms with E-state index in [-0.39, 0.29) is 0 Å². The zero-order valence-corrected chi connectivity index (χ0v) is 8.92. The Balaban J connectivity index is 4.06. The summed E-state index contributed by atoms with van der Waals surface area (Å²) in [5.41, 5.74) is 0. The molecule has 0 amide bonds. The van der Waals surface area contributed by atoms with E-state index in [1.807, 2.05) is 20.8 Å². The Bertz CT molecular complexity index is 97.9. The van der Waals surface area contributed by atoms with Gasteiger partial charge in [-0.2, -0.15) is 0 Å². The van der Waals surface area contributed by atoms with Crippen LogP contribution in [-0.2, 0) is 13.3 Å². The van der Waals surface area contributed by atoms with Crippen LogP contribution in [0.1, 0.15) is 20.8 Å². The predicted molar refractivity (Wildman–Crippen MR) is 48.0 cm³/mol. The molecule has 0 saturated carbocycles. The molecule has 0 spiro atoms. The van der Waals surface area contributed by atoms with Gasteiger partial charge in [0.2, 0.25) is 0 Å². The molecule has 74 valence electrons. The number of hydrazine groups is 1. The lowest BCUT2D eigenvalue weighted by molar-refractivity contribution is 0.0600. The van der Waals surface area contributed by atoms with E-state index < -0.39 is 8.97 Å². The fraction of sp³-hybridized carbons (Fsp3) is 1.00. The number of hydrogen-bond donors (Lipinski definition) is 2. The van der Waals surface area contributed by atoms with Gasteiger partial charge in [0.25, 0.3) is 0 Å². The van der Waals surface area contributed by atoms with Gasteiger partial charge in [0.1, 0.15) is 0 Å². The van der Waals surface area contributed by atoms with E-state index in [1.54, 1.807) is 0 Å². The molecule has 6 heteroatoms. The van der Waals surface area contributed by atoms with Crippen LogP contribution in [0.15, 0.2) is 0 Å². The van der Waals surface area contributed by atoms with Gasteiger partial charge in [0, 0.05) is 19.8 Å². The molecule has 0 unspecified atom stereocenters. The van der Waals surface area contributed by atoms with Gasteiger partial charge in [0.15, 0.2) is 0 Å². The Morgan fingerprint density at radius 3 is 1.50 bits per heavy atom.